The summed E-state index contributed by atoms with van der Waals surface area (Å²) in [7, 11) is 1.31. The predicted molar refractivity (Wildman–Crippen MR) is 68.1 cm³/mol. The zero-order valence-electron chi connectivity index (χ0n) is 9.54. The van der Waals surface area contributed by atoms with E-state index in [9.17, 15) is 9.59 Å². The molecule has 0 atom stereocenters. The zero-order chi connectivity index (χ0) is 13.1. The van der Waals surface area contributed by atoms with Gasteiger partial charge in [-0.05, 0) is 28.6 Å². The molecular formula is C13H10O4S. The highest BCUT2D eigenvalue weighted by molar-refractivity contribution is 7.12. The molecule has 0 saturated heterocycles. The van der Waals surface area contributed by atoms with Crippen molar-refractivity contribution in [2.24, 2.45) is 0 Å². The Morgan fingerprint density at radius 1 is 1.28 bits per heavy atom. The van der Waals surface area contributed by atoms with Gasteiger partial charge in [0.2, 0.25) is 0 Å². The third kappa shape index (κ3) is 2.26. The molecule has 0 aliphatic rings. The van der Waals surface area contributed by atoms with Gasteiger partial charge in [0.05, 0.1) is 12.7 Å². The molecular weight excluding hydrogens is 252 g/mol. The highest BCUT2D eigenvalue weighted by Crippen LogP contribution is 2.28. The summed E-state index contributed by atoms with van der Waals surface area (Å²) in [5, 5.41) is 10.8. The van der Waals surface area contributed by atoms with Crippen molar-refractivity contribution in [3.63, 3.8) is 0 Å². The van der Waals surface area contributed by atoms with Crippen LogP contribution < -0.4 is 0 Å². The number of thiophene rings is 1. The molecule has 1 N–H and O–H groups in total. The summed E-state index contributed by atoms with van der Waals surface area (Å²) in [6.45, 7) is 0. The van der Waals surface area contributed by atoms with Crippen molar-refractivity contribution < 1.29 is 19.4 Å². The lowest BCUT2D eigenvalue weighted by atomic mass is 10.0. The number of aromatic carboxylic acids is 1. The molecule has 4 nitrogen and oxygen atoms in total. The Morgan fingerprint density at radius 2 is 2.00 bits per heavy atom. The second kappa shape index (κ2) is 5.01. The van der Waals surface area contributed by atoms with Crippen LogP contribution in [0.4, 0.5) is 0 Å². The first-order valence-electron chi connectivity index (χ1n) is 5.13. The number of hydrogen-bond acceptors (Lipinski definition) is 4. The van der Waals surface area contributed by atoms with Crippen LogP contribution in [0.15, 0.2) is 35.7 Å². The summed E-state index contributed by atoms with van der Waals surface area (Å²) in [5.41, 5.74) is 1.52. The number of carbonyl (C=O) groups excluding carboxylic acids is 1. The predicted octanol–water partition coefficient (Wildman–Crippen LogP) is 2.90. The minimum absolute atomic E-state index is 0.215. The number of methoxy groups -OCH3 is 1. The Hall–Kier alpha value is -2.14. The molecule has 0 aliphatic heterocycles. The van der Waals surface area contributed by atoms with Crippen molar-refractivity contribution in [1.29, 1.82) is 0 Å². The smallest absolute Gasteiger partial charge is 0.348 e. The number of carboxylic acid groups (broad SMARTS) is 1. The van der Waals surface area contributed by atoms with E-state index in [1.54, 1.807) is 29.6 Å². The van der Waals surface area contributed by atoms with E-state index in [0.29, 0.717) is 16.0 Å². The number of hydrogen-bond donors (Lipinski definition) is 1. The van der Waals surface area contributed by atoms with Crippen LogP contribution in [0.1, 0.15) is 20.0 Å². The monoisotopic (exact) mass is 262 g/mol. The normalized spacial score (nSPS) is 10.1. The van der Waals surface area contributed by atoms with Crippen LogP contribution in [0, 0.1) is 0 Å². The van der Waals surface area contributed by atoms with E-state index < -0.39 is 11.9 Å². The van der Waals surface area contributed by atoms with Gasteiger partial charge in [-0.15, -0.1) is 11.3 Å². The van der Waals surface area contributed by atoms with Gasteiger partial charge in [-0.2, -0.15) is 0 Å². The molecule has 0 radical (unpaired) electrons. The Morgan fingerprint density at radius 3 is 2.67 bits per heavy atom. The van der Waals surface area contributed by atoms with Gasteiger partial charge in [0.25, 0.3) is 0 Å². The van der Waals surface area contributed by atoms with E-state index in [4.69, 9.17) is 5.11 Å². The fraction of sp³-hybridized carbons (Fsp3) is 0.0769. The van der Waals surface area contributed by atoms with Crippen molar-refractivity contribution >= 4 is 23.3 Å². The summed E-state index contributed by atoms with van der Waals surface area (Å²) < 4.78 is 4.62. The van der Waals surface area contributed by atoms with Gasteiger partial charge in [-0.3, -0.25) is 0 Å². The second-order valence-corrected chi connectivity index (χ2v) is 4.45. The molecule has 1 aromatic carbocycles. The molecule has 5 heteroatoms. The van der Waals surface area contributed by atoms with Gasteiger partial charge in [0.15, 0.2) is 0 Å². The Labute approximate surface area is 107 Å². The maximum absolute atomic E-state index is 11.3. The highest BCUT2D eigenvalue weighted by Gasteiger charge is 2.14. The van der Waals surface area contributed by atoms with Crippen LogP contribution in [0.2, 0.25) is 0 Å². The third-order valence-electron chi connectivity index (χ3n) is 2.45. The maximum atomic E-state index is 11.3. The summed E-state index contributed by atoms with van der Waals surface area (Å²) in [5.74, 6) is -1.41. The van der Waals surface area contributed by atoms with E-state index in [1.807, 2.05) is 0 Å². The first kappa shape index (κ1) is 12.3. The molecule has 92 valence electrons. The fourth-order valence-electron chi connectivity index (χ4n) is 1.61. The fourth-order valence-corrected chi connectivity index (χ4v) is 2.43. The van der Waals surface area contributed by atoms with Gasteiger partial charge in [0, 0.05) is 0 Å². The number of carboxylic acids is 1. The molecule has 0 aliphatic carbocycles. The molecule has 1 heterocycles. The van der Waals surface area contributed by atoms with Crippen LogP contribution >= 0.6 is 11.3 Å². The van der Waals surface area contributed by atoms with Crippen molar-refractivity contribution in [2.75, 3.05) is 7.11 Å². The van der Waals surface area contributed by atoms with E-state index in [2.05, 4.69) is 4.74 Å². The van der Waals surface area contributed by atoms with E-state index in [-0.39, 0.29) is 5.56 Å². The van der Waals surface area contributed by atoms with Gasteiger partial charge in [0.1, 0.15) is 4.88 Å². The molecule has 2 aromatic rings. The molecule has 0 saturated carbocycles. The van der Waals surface area contributed by atoms with E-state index in [0.717, 1.165) is 0 Å². The van der Waals surface area contributed by atoms with Crippen molar-refractivity contribution in [2.45, 2.75) is 0 Å². The Bertz CT molecular complexity index is 601. The van der Waals surface area contributed by atoms with Crippen LogP contribution in [0.3, 0.4) is 0 Å². The summed E-state index contributed by atoms with van der Waals surface area (Å²) in [4.78, 5) is 22.9. The standard InChI is InChI=1S/C13H10O4S/c1-17-13(16)11-6-8(7-18-11)9-4-2-3-5-10(9)12(14)15/h2-7H,1H3,(H,14,15). The van der Waals surface area contributed by atoms with Crippen LogP contribution in [0.25, 0.3) is 11.1 Å². The largest absolute Gasteiger partial charge is 0.478 e. The van der Waals surface area contributed by atoms with Gasteiger partial charge in [-0.1, -0.05) is 18.2 Å². The number of carbonyl (C=O) groups is 2. The topological polar surface area (TPSA) is 63.6 Å². The first-order chi connectivity index (χ1) is 8.63. The van der Waals surface area contributed by atoms with Crippen molar-refractivity contribution in [3.8, 4) is 11.1 Å². The quantitative estimate of drug-likeness (QED) is 0.864. The lowest BCUT2D eigenvalue weighted by molar-refractivity contribution is 0.0605. The van der Waals surface area contributed by atoms with Crippen LogP contribution in [0.5, 0.6) is 0 Å². The average molecular weight is 262 g/mol. The van der Waals surface area contributed by atoms with E-state index >= 15 is 0 Å². The maximum Gasteiger partial charge on any atom is 0.348 e. The molecule has 2 rings (SSSR count). The molecule has 0 fully saturated rings. The Balaban J connectivity index is 2.46. The third-order valence-corrected chi connectivity index (χ3v) is 3.36. The molecule has 0 unspecified atom stereocenters. The molecule has 0 amide bonds. The average Bonchev–Trinajstić information content (AvgIpc) is 2.87. The molecule has 0 bridgehead atoms. The first-order valence-corrected chi connectivity index (χ1v) is 6.01. The highest BCUT2D eigenvalue weighted by atomic mass is 32.1. The number of rotatable bonds is 3. The summed E-state index contributed by atoms with van der Waals surface area (Å²) in [6, 6.07) is 8.32. The second-order valence-electron chi connectivity index (χ2n) is 3.54. The van der Waals surface area contributed by atoms with Crippen LogP contribution in [-0.4, -0.2) is 24.2 Å². The van der Waals surface area contributed by atoms with Crippen LogP contribution in [-0.2, 0) is 4.74 Å². The van der Waals surface area contributed by atoms with Gasteiger partial charge >= 0.3 is 11.9 Å². The van der Waals surface area contributed by atoms with E-state index in [1.165, 1.54) is 24.5 Å². The number of benzene rings is 1. The zero-order valence-corrected chi connectivity index (χ0v) is 10.4. The van der Waals surface area contributed by atoms with Gasteiger partial charge in [-0.25, -0.2) is 9.59 Å². The minimum atomic E-state index is -0.989. The minimum Gasteiger partial charge on any atom is -0.478 e. The molecule has 18 heavy (non-hydrogen) atoms. The number of ether oxygens (including phenoxy) is 1. The lowest BCUT2D eigenvalue weighted by Crippen LogP contribution is -1.99. The molecule has 1 aromatic heterocycles. The summed E-state index contributed by atoms with van der Waals surface area (Å²) >= 11 is 1.23. The summed E-state index contributed by atoms with van der Waals surface area (Å²) in [6.07, 6.45) is 0. The number of esters is 1. The SMILES string of the molecule is COC(=O)c1cc(-c2ccccc2C(=O)O)cs1. The molecule has 0 spiro atoms. The Kier molecular flexibility index (Phi) is 3.43. The van der Waals surface area contributed by atoms with Gasteiger partial charge < -0.3 is 9.84 Å². The van der Waals surface area contributed by atoms with Crippen molar-refractivity contribution in [3.05, 3.63) is 46.2 Å². The van der Waals surface area contributed by atoms with Crippen molar-refractivity contribution in [1.82, 2.24) is 0 Å². The lowest BCUT2D eigenvalue weighted by Gasteiger charge is -2.02.